The molecule has 1 aromatic rings. The molecule has 0 bridgehead atoms. The van der Waals surface area contributed by atoms with E-state index in [1.807, 2.05) is 0 Å². The minimum atomic E-state index is -4.45. The molecule has 1 aromatic carbocycles. The number of ether oxygens (including phenoxy) is 1. The fraction of sp³-hybridized carbons (Fsp3) is 0.562. The van der Waals surface area contributed by atoms with E-state index in [-0.39, 0.29) is 17.4 Å². The molecule has 3 unspecified atom stereocenters. The van der Waals surface area contributed by atoms with Gasteiger partial charge in [-0.25, -0.2) is 0 Å². The number of alkyl halides is 3. The Labute approximate surface area is 122 Å². The van der Waals surface area contributed by atoms with Crippen molar-refractivity contribution in [3.63, 3.8) is 0 Å². The molecule has 0 saturated heterocycles. The average Bonchev–Trinajstić information content (AvgIpc) is 2.42. The lowest BCUT2D eigenvalue weighted by molar-refractivity contribution is -0.137. The Kier molecular flexibility index (Phi) is 4.46. The quantitative estimate of drug-likeness (QED) is 0.787. The molecule has 0 aliphatic heterocycles. The maximum absolute atomic E-state index is 12.6. The van der Waals surface area contributed by atoms with Gasteiger partial charge in [0.05, 0.1) is 17.2 Å². The van der Waals surface area contributed by atoms with Gasteiger partial charge in [-0.1, -0.05) is 13.8 Å². The van der Waals surface area contributed by atoms with Crippen molar-refractivity contribution in [1.82, 2.24) is 0 Å². The largest absolute Gasteiger partial charge is 0.489 e. The molecule has 0 N–H and O–H groups in total. The van der Waals surface area contributed by atoms with Crippen molar-refractivity contribution in [2.45, 2.75) is 45.4 Å². The SMILES string of the molecule is CC1CCC(Oc2ccc(C(F)(F)F)cc2C#N)CC1C. The lowest BCUT2D eigenvalue weighted by atomic mass is 9.80. The summed E-state index contributed by atoms with van der Waals surface area (Å²) in [4.78, 5) is 0. The zero-order valence-corrected chi connectivity index (χ0v) is 12.1. The molecule has 1 fully saturated rings. The van der Waals surface area contributed by atoms with Gasteiger partial charge in [0.25, 0.3) is 0 Å². The van der Waals surface area contributed by atoms with Crippen molar-refractivity contribution in [1.29, 1.82) is 5.26 Å². The summed E-state index contributed by atoms with van der Waals surface area (Å²) in [5.41, 5.74) is -0.881. The molecule has 2 rings (SSSR count). The summed E-state index contributed by atoms with van der Waals surface area (Å²) in [5.74, 6) is 1.40. The van der Waals surface area contributed by atoms with Crippen LogP contribution in [0.4, 0.5) is 13.2 Å². The van der Waals surface area contributed by atoms with E-state index in [2.05, 4.69) is 13.8 Å². The maximum atomic E-state index is 12.6. The molecule has 5 heteroatoms. The molecule has 0 heterocycles. The summed E-state index contributed by atoms with van der Waals surface area (Å²) in [6.45, 7) is 4.35. The van der Waals surface area contributed by atoms with Crippen LogP contribution in [0.2, 0.25) is 0 Å². The predicted molar refractivity (Wildman–Crippen MR) is 72.8 cm³/mol. The molecule has 1 aliphatic rings. The molecule has 2 nitrogen and oxygen atoms in total. The molecule has 1 saturated carbocycles. The number of nitrogens with zero attached hydrogens (tertiary/aromatic N) is 1. The zero-order chi connectivity index (χ0) is 15.6. The first-order valence-electron chi connectivity index (χ1n) is 7.09. The second kappa shape index (κ2) is 5.97. The highest BCUT2D eigenvalue weighted by Crippen LogP contribution is 2.35. The first-order chi connectivity index (χ1) is 9.81. The van der Waals surface area contributed by atoms with Crippen molar-refractivity contribution in [3.8, 4) is 11.8 Å². The van der Waals surface area contributed by atoms with Crippen LogP contribution in [0, 0.1) is 23.2 Å². The third-order valence-electron chi connectivity index (χ3n) is 4.27. The lowest BCUT2D eigenvalue weighted by Gasteiger charge is -2.32. The highest BCUT2D eigenvalue weighted by atomic mass is 19.4. The maximum Gasteiger partial charge on any atom is 0.416 e. The number of rotatable bonds is 2. The summed E-state index contributed by atoms with van der Waals surface area (Å²) in [6, 6.07) is 4.86. The summed E-state index contributed by atoms with van der Waals surface area (Å²) in [7, 11) is 0. The highest BCUT2D eigenvalue weighted by molar-refractivity contribution is 5.46. The topological polar surface area (TPSA) is 33.0 Å². The van der Waals surface area contributed by atoms with Gasteiger partial charge in [-0.15, -0.1) is 0 Å². The Morgan fingerprint density at radius 1 is 1.19 bits per heavy atom. The summed E-state index contributed by atoms with van der Waals surface area (Å²) < 4.78 is 43.7. The fourth-order valence-corrected chi connectivity index (χ4v) is 2.68. The summed E-state index contributed by atoms with van der Waals surface area (Å²) in [6.07, 6.45) is -1.70. The summed E-state index contributed by atoms with van der Waals surface area (Å²) in [5, 5.41) is 9.03. The Morgan fingerprint density at radius 3 is 2.48 bits per heavy atom. The van der Waals surface area contributed by atoms with E-state index in [9.17, 15) is 13.2 Å². The van der Waals surface area contributed by atoms with Gasteiger partial charge in [-0.3, -0.25) is 0 Å². The van der Waals surface area contributed by atoms with Crippen molar-refractivity contribution in [2.24, 2.45) is 11.8 Å². The van der Waals surface area contributed by atoms with Crippen LogP contribution in [0.25, 0.3) is 0 Å². The van der Waals surface area contributed by atoms with E-state index in [4.69, 9.17) is 10.00 Å². The van der Waals surface area contributed by atoms with Gasteiger partial charge in [0.15, 0.2) is 0 Å². The monoisotopic (exact) mass is 297 g/mol. The predicted octanol–water partition coefficient (Wildman–Crippen LogP) is 4.78. The standard InChI is InChI=1S/C16H18F3NO/c1-10-3-5-14(7-11(10)2)21-15-6-4-13(16(17,18)19)8-12(15)9-20/h4,6,8,10-11,14H,3,5,7H2,1-2H3. The van der Waals surface area contributed by atoms with Crippen LogP contribution < -0.4 is 4.74 Å². The second-order valence-electron chi connectivity index (χ2n) is 5.83. The first kappa shape index (κ1) is 15.7. The van der Waals surface area contributed by atoms with Crippen LogP contribution in [0.5, 0.6) is 5.75 Å². The molecular weight excluding hydrogens is 279 g/mol. The second-order valence-corrected chi connectivity index (χ2v) is 5.83. The number of nitriles is 1. The molecule has 3 atom stereocenters. The number of halogens is 3. The molecule has 0 radical (unpaired) electrons. The van der Waals surface area contributed by atoms with Crippen molar-refractivity contribution in [3.05, 3.63) is 29.3 Å². The zero-order valence-electron chi connectivity index (χ0n) is 12.1. The van der Waals surface area contributed by atoms with Crippen molar-refractivity contribution < 1.29 is 17.9 Å². The van der Waals surface area contributed by atoms with Crippen LogP contribution >= 0.6 is 0 Å². The third kappa shape index (κ3) is 3.69. The van der Waals surface area contributed by atoms with E-state index in [0.717, 1.165) is 31.4 Å². The molecule has 0 aromatic heterocycles. The van der Waals surface area contributed by atoms with Gasteiger partial charge in [-0.05, 0) is 49.3 Å². The molecule has 21 heavy (non-hydrogen) atoms. The normalized spacial score (nSPS) is 26.2. The number of hydrogen-bond donors (Lipinski definition) is 0. The van der Waals surface area contributed by atoms with Crippen molar-refractivity contribution >= 4 is 0 Å². The van der Waals surface area contributed by atoms with Gasteiger partial charge in [-0.2, -0.15) is 18.4 Å². The Morgan fingerprint density at radius 2 is 1.90 bits per heavy atom. The van der Waals surface area contributed by atoms with Crippen LogP contribution in [0.15, 0.2) is 18.2 Å². The molecule has 1 aliphatic carbocycles. The molecule has 114 valence electrons. The van der Waals surface area contributed by atoms with E-state index < -0.39 is 11.7 Å². The first-order valence-corrected chi connectivity index (χ1v) is 7.09. The van der Waals surface area contributed by atoms with E-state index >= 15 is 0 Å². The lowest BCUT2D eigenvalue weighted by Crippen LogP contribution is -2.29. The van der Waals surface area contributed by atoms with Crippen molar-refractivity contribution in [2.75, 3.05) is 0 Å². The molecule has 0 spiro atoms. The Balaban J connectivity index is 2.16. The highest BCUT2D eigenvalue weighted by Gasteiger charge is 2.32. The van der Waals surface area contributed by atoms with Gasteiger partial charge in [0.2, 0.25) is 0 Å². The minimum Gasteiger partial charge on any atom is -0.489 e. The summed E-state index contributed by atoms with van der Waals surface area (Å²) >= 11 is 0. The Bertz CT molecular complexity index is 547. The molecular formula is C16H18F3NO. The van der Waals surface area contributed by atoms with E-state index in [1.165, 1.54) is 6.07 Å². The van der Waals surface area contributed by atoms with E-state index in [0.29, 0.717) is 11.8 Å². The van der Waals surface area contributed by atoms with Gasteiger partial charge >= 0.3 is 6.18 Å². The van der Waals surface area contributed by atoms with Gasteiger partial charge in [0, 0.05) is 0 Å². The average molecular weight is 297 g/mol. The number of hydrogen-bond acceptors (Lipinski definition) is 2. The third-order valence-corrected chi connectivity index (χ3v) is 4.27. The van der Waals surface area contributed by atoms with Crippen LogP contribution in [-0.4, -0.2) is 6.10 Å². The van der Waals surface area contributed by atoms with Gasteiger partial charge < -0.3 is 4.74 Å². The van der Waals surface area contributed by atoms with Crippen LogP contribution in [0.1, 0.15) is 44.2 Å². The number of benzene rings is 1. The fourth-order valence-electron chi connectivity index (χ4n) is 2.68. The Hall–Kier alpha value is -1.70. The van der Waals surface area contributed by atoms with Crippen LogP contribution in [0.3, 0.4) is 0 Å². The van der Waals surface area contributed by atoms with Gasteiger partial charge in [0.1, 0.15) is 11.8 Å². The smallest absolute Gasteiger partial charge is 0.416 e. The van der Waals surface area contributed by atoms with Crippen LogP contribution in [-0.2, 0) is 6.18 Å². The minimum absolute atomic E-state index is 0.0277. The molecule has 0 amide bonds. The van der Waals surface area contributed by atoms with E-state index in [1.54, 1.807) is 6.07 Å².